The van der Waals surface area contributed by atoms with Crippen LogP contribution >= 0.6 is 0 Å². The van der Waals surface area contributed by atoms with Gasteiger partial charge in [0.05, 0.1) is 18.8 Å². The fraction of sp³-hybridized carbons (Fsp3) is 0.588. The topological polar surface area (TPSA) is 68.0 Å². The molecule has 0 spiro atoms. The summed E-state index contributed by atoms with van der Waals surface area (Å²) in [5.41, 5.74) is 7.00. The van der Waals surface area contributed by atoms with E-state index in [0.717, 1.165) is 30.9 Å². The molecule has 1 aromatic carbocycles. The number of hydrogen-bond donors (Lipinski definition) is 1. The predicted molar refractivity (Wildman–Crippen MR) is 92.0 cm³/mol. The SMILES string of the molecule is COc1cc(N)ccc1N1CCC(N(C)C(=O)OC(C)(C)C)C1. The first kappa shape index (κ1) is 17.2. The zero-order valence-electron chi connectivity index (χ0n) is 14.6. The molecule has 2 N–H and O–H groups in total. The van der Waals surface area contributed by atoms with Gasteiger partial charge in [-0.2, -0.15) is 0 Å². The van der Waals surface area contributed by atoms with Crippen molar-refractivity contribution in [2.24, 2.45) is 0 Å². The van der Waals surface area contributed by atoms with Crippen molar-refractivity contribution in [3.8, 4) is 5.75 Å². The van der Waals surface area contributed by atoms with E-state index in [0.29, 0.717) is 5.69 Å². The molecular formula is C17H27N3O3. The molecule has 23 heavy (non-hydrogen) atoms. The van der Waals surface area contributed by atoms with Crippen LogP contribution in [0.2, 0.25) is 0 Å². The average molecular weight is 321 g/mol. The van der Waals surface area contributed by atoms with Gasteiger partial charge < -0.3 is 25.0 Å². The van der Waals surface area contributed by atoms with E-state index in [9.17, 15) is 4.79 Å². The van der Waals surface area contributed by atoms with Crippen LogP contribution in [0, 0.1) is 0 Å². The van der Waals surface area contributed by atoms with Gasteiger partial charge in [0, 0.05) is 31.9 Å². The Bertz CT molecular complexity index is 569. The Balaban J connectivity index is 2.05. The lowest BCUT2D eigenvalue weighted by Gasteiger charge is -2.29. The summed E-state index contributed by atoms with van der Waals surface area (Å²) in [7, 11) is 3.43. The second-order valence-electron chi connectivity index (χ2n) is 6.91. The van der Waals surface area contributed by atoms with Crippen molar-refractivity contribution in [3.63, 3.8) is 0 Å². The summed E-state index contributed by atoms with van der Waals surface area (Å²) in [5, 5.41) is 0. The quantitative estimate of drug-likeness (QED) is 0.867. The van der Waals surface area contributed by atoms with E-state index in [2.05, 4.69) is 4.90 Å². The number of nitrogen functional groups attached to an aromatic ring is 1. The number of rotatable bonds is 3. The molecule has 1 aromatic rings. The van der Waals surface area contributed by atoms with Crippen LogP contribution < -0.4 is 15.4 Å². The molecule has 1 unspecified atom stereocenters. The van der Waals surface area contributed by atoms with Gasteiger partial charge in [-0.1, -0.05) is 0 Å². The third kappa shape index (κ3) is 4.21. The third-order valence-electron chi connectivity index (χ3n) is 3.94. The number of nitrogens with zero attached hydrogens (tertiary/aromatic N) is 2. The summed E-state index contributed by atoms with van der Waals surface area (Å²) in [6.07, 6.45) is 0.608. The lowest BCUT2D eigenvalue weighted by molar-refractivity contribution is 0.0238. The van der Waals surface area contributed by atoms with Gasteiger partial charge >= 0.3 is 6.09 Å². The molecule has 0 bridgehead atoms. The molecule has 1 fully saturated rings. The zero-order chi connectivity index (χ0) is 17.2. The molecular weight excluding hydrogens is 294 g/mol. The lowest BCUT2D eigenvalue weighted by atomic mass is 10.2. The van der Waals surface area contributed by atoms with Gasteiger partial charge in [-0.05, 0) is 39.3 Å². The molecule has 0 radical (unpaired) electrons. The largest absolute Gasteiger partial charge is 0.495 e. The van der Waals surface area contributed by atoms with E-state index in [1.807, 2.05) is 39.0 Å². The minimum Gasteiger partial charge on any atom is -0.495 e. The Morgan fingerprint density at radius 1 is 1.39 bits per heavy atom. The van der Waals surface area contributed by atoms with E-state index in [1.165, 1.54) is 0 Å². The van der Waals surface area contributed by atoms with E-state index < -0.39 is 5.60 Å². The first-order valence-corrected chi connectivity index (χ1v) is 7.85. The van der Waals surface area contributed by atoms with Gasteiger partial charge in [0.2, 0.25) is 0 Å². The van der Waals surface area contributed by atoms with Crippen LogP contribution in [0.4, 0.5) is 16.2 Å². The first-order chi connectivity index (χ1) is 10.7. The van der Waals surface area contributed by atoms with E-state index >= 15 is 0 Å². The lowest BCUT2D eigenvalue weighted by Crippen LogP contribution is -2.42. The number of hydrogen-bond acceptors (Lipinski definition) is 5. The number of carbonyl (C=O) groups excluding carboxylic acids is 1. The molecule has 0 saturated carbocycles. The van der Waals surface area contributed by atoms with Crippen LogP contribution in [-0.4, -0.2) is 49.9 Å². The fourth-order valence-corrected chi connectivity index (χ4v) is 2.72. The van der Waals surface area contributed by atoms with Crippen LogP contribution in [0.5, 0.6) is 5.75 Å². The van der Waals surface area contributed by atoms with Gasteiger partial charge in [-0.3, -0.25) is 0 Å². The Labute approximate surface area is 138 Å². The van der Waals surface area contributed by atoms with Crippen LogP contribution in [0.1, 0.15) is 27.2 Å². The number of likely N-dealkylation sites (N-methyl/N-ethyl adjacent to an activating group) is 1. The molecule has 1 atom stereocenters. The standard InChI is InChI=1S/C17H27N3O3/c1-17(2,3)23-16(21)19(4)13-8-9-20(11-13)14-7-6-12(18)10-15(14)22-5/h6-7,10,13H,8-9,11,18H2,1-5H3. The van der Waals surface area contributed by atoms with Crippen molar-refractivity contribution in [3.05, 3.63) is 18.2 Å². The molecule has 1 aliphatic heterocycles. The zero-order valence-corrected chi connectivity index (χ0v) is 14.6. The molecule has 6 heteroatoms. The summed E-state index contributed by atoms with van der Waals surface area (Å²) < 4.78 is 10.9. The number of amides is 1. The normalized spacial score (nSPS) is 18.0. The van der Waals surface area contributed by atoms with Gasteiger partial charge in [0.1, 0.15) is 11.4 Å². The first-order valence-electron chi connectivity index (χ1n) is 7.85. The highest BCUT2D eigenvalue weighted by Gasteiger charge is 2.31. The maximum absolute atomic E-state index is 12.2. The average Bonchev–Trinajstić information content (AvgIpc) is 2.93. The summed E-state index contributed by atoms with van der Waals surface area (Å²) in [5.74, 6) is 0.755. The second kappa shape index (κ2) is 6.56. The van der Waals surface area contributed by atoms with Gasteiger partial charge in [-0.25, -0.2) is 4.79 Å². The van der Waals surface area contributed by atoms with Crippen LogP contribution in [-0.2, 0) is 4.74 Å². The Hall–Kier alpha value is -2.11. The fourth-order valence-electron chi connectivity index (χ4n) is 2.72. The summed E-state index contributed by atoms with van der Waals surface area (Å²) >= 11 is 0. The van der Waals surface area contributed by atoms with Crippen molar-refractivity contribution in [2.75, 3.05) is 37.9 Å². The highest BCUT2D eigenvalue weighted by Crippen LogP contribution is 2.33. The second-order valence-corrected chi connectivity index (χ2v) is 6.91. The molecule has 1 heterocycles. The molecule has 0 aromatic heterocycles. The summed E-state index contributed by atoms with van der Waals surface area (Å²) in [4.78, 5) is 16.1. The number of anilines is 2. The smallest absolute Gasteiger partial charge is 0.410 e. The minimum absolute atomic E-state index is 0.118. The van der Waals surface area contributed by atoms with Crippen molar-refractivity contribution in [2.45, 2.75) is 38.8 Å². The number of nitrogens with two attached hydrogens (primary N) is 1. The van der Waals surface area contributed by atoms with Gasteiger partial charge in [-0.15, -0.1) is 0 Å². The molecule has 0 aliphatic carbocycles. The molecule has 6 nitrogen and oxygen atoms in total. The highest BCUT2D eigenvalue weighted by molar-refractivity contribution is 5.69. The maximum Gasteiger partial charge on any atom is 0.410 e. The van der Waals surface area contributed by atoms with Crippen LogP contribution in [0.25, 0.3) is 0 Å². The van der Waals surface area contributed by atoms with Crippen molar-refractivity contribution < 1.29 is 14.3 Å². The molecule has 1 aliphatic rings. The number of methoxy groups -OCH3 is 1. The molecule has 128 valence electrons. The van der Waals surface area contributed by atoms with E-state index in [1.54, 1.807) is 19.1 Å². The highest BCUT2D eigenvalue weighted by atomic mass is 16.6. The number of ether oxygens (including phenoxy) is 2. The molecule has 1 amide bonds. The van der Waals surface area contributed by atoms with Crippen LogP contribution in [0.15, 0.2) is 18.2 Å². The maximum atomic E-state index is 12.2. The minimum atomic E-state index is -0.482. The Morgan fingerprint density at radius 2 is 2.09 bits per heavy atom. The van der Waals surface area contributed by atoms with Crippen molar-refractivity contribution in [1.82, 2.24) is 4.90 Å². The molecule has 2 rings (SSSR count). The van der Waals surface area contributed by atoms with Crippen molar-refractivity contribution in [1.29, 1.82) is 0 Å². The monoisotopic (exact) mass is 321 g/mol. The Kier molecular flexibility index (Phi) is 4.92. The van der Waals surface area contributed by atoms with Gasteiger partial charge in [0.25, 0.3) is 0 Å². The van der Waals surface area contributed by atoms with Gasteiger partial charge in [0.15, 0.2) is 0 Å². The van der Waals surface area contributed by atoms with E-state index in [-0.39, 0.29) is 12.1 Å². The Morgan fingerprint density at radius 3 is 2.70 bits per heavy atom. The number of benzene rings is 1. The van der Waals surface area contributed by atoms with Crippen molar-refractivity contribution >= 4 is 17.5 Å². The summed E-state index contributed by atoms with van der Waals surface area (Å²) in [6, 6.07) is 5.76. The van der Waals surface area contributed by atoms with Crippen LogP contribution in [0.3, 0.4) is 0 Å². The molecule has 1 saturated heterocycles. The number of carbonyl (C=O) groups is 1. The van der Waals surface area contributed by atoms with E-state index in [4.69, 9.17) is 15.2 Å². The third-order valence-corrected chi connectivity index (χ3v) is 3.94. The predicted octanol–water partition coefficient (Wildman–Crippen LogP) is 2.72. The summed E-state index contributed by atoms with van der Waals surface area (Å²) in [6.45, 7) is 7.23.